The summed E-state index contributed by atoms with van der Waals surface area (Å²) in [5, 5.41) is 3.13. The number of ether oxygens (including phenoxy) is 1. The van der Waals surface area contributed by atoms with Crippen LogP contribution in [-0.2, 0) is 20.9 Å². The summed E-state index contributed by atoms with van der Waals surface area (Å²) in [6, 6.07) is 10.5. The van der Waals surface area contributed by atoms with Crippen LogP contribution < -0.4 is 11.1 Å². The molecule has 28 heavy (non-hydrogen) atoms. The lowest BCUT2D eigenvalue weighted by molar-refractivity contribution is -0.137. The normalized spacial score (nSPS) is 14.5. The highest BCUT2D eigenvalue weighted by atomic mass is 16.5. The number of hydrogen-bond acceptors (Lipinski definition) is 6. The molecule has 2 aromatic rings. The first-order valence-electron chi connectivity index (χ1n) is 9.14. The van der Waals surface area contributed by atoms with Gasteiger partial charge in [-0.15, -0.1) is 0 Å². The SMILES string of the molecule is NC(=O)C1CCN(C(=O)COC(=O)c2ccccc2NCc2ccco2)CC1. The molecule has 2 amide bonds. The average Bonchev–Trinajstić information content (AvgIpc) is 3.24. The van der Waals surface area contributed by atoms with Gasteiger partial charge in [0.25, 0.3) is 5.91 Å². The Morgan fingerprint density at radius 3 is 2.57 bits per heavy atom. The summed E-state index contributed by atoms with van der Waals surface area (Å²) in [7, 11) is 0. The van der Waals surface area contributed by atoms with Crippen LogP contribution in [0.2, 0.25) is 0 Å². The number of amides is 2. The first-order chi connectivity index (χ1) is 13.5. The van der Waals surface area contributed by atoms with Gasteiger partial charge in [0.05, 0.1) is 18.4 Å². The van der Waals surface area contributed by atoms with Crippen molar-refractivity contribution < 1.29 is 23.5 Å². The van der Waals surface area contributed by atoms with Crippen molar-refractivity contribution in [3.63, 3.8) is 0 Å². The number of hydrogen-bond donors (Lipinski definition) is 2. The van der Waals surface area contributed by atoms with Crippen molar-refractivity contribution in [3.05, 3.63) is 54.0 Å². The molecule has 1 aromatic carbocycles. The van der Waals surface area contributed by atoms with Crippen molar-refractivity contribution in [3.8, 4) is 0 Å². The molecule has 1 aromatic heterocycles. The van der Waals surface area contributed by atoms with Gasteiger partial charge >= 0.3 is 5.97 Å². The van der Waals surface area contributed by atoms with Crippen LogP contribution in [-0.4, -0.2) is 42.4 Å². The Morgan fingerprint density at radius 1 is 1.14 bits per heavy atom. The van der Waals surface area contributed by atoms with E-state index in [1.165, 1.54) is 0 Å². The van der Waals surface area contributed by atoms with Gasteiger partial charge in [0.2, 0.25) is 5.91 Å². The maximum Gasteiger partial charge on any atom is 0.340 e. The largest absolute Gasteiger partial charge is 0.467 e. The Bertz CT molecular complexity index is 826. The second kappa shape index (κ2) is 9.07. The van der Waals surface area contributed by atoms with Crippen LogP contribution in [0.3, 0.4) is 0 Å². The van der Waals surface area contributed by atoms with Crippen molar-refractivity contribution >= 4 is 23.5 Å². The molecule has 0 aliphatic carbocycles. The third kappa shape index (κ3) is 4.91. The lowest BCUT2D eigenvalue weighted by Crippen LogP contribution is -2.43. The summed E-state index contributed by atoms with van der Waals surface area (Å²) in [6.07, 6.45) is 2.65. The topological polar surface area (TPSA) is 115 Å². The number of rotatable bonds is 7. The number of nitrogens with two attached hydrogens (primary N) is 1. The second-order valence-corrected chi connectivity index (χ2v) is 6.61. The minimum atomic E-state index is -0.581. The molecule has 3 rings (SSSR count). The van der Waals surface area contributed by atoms with Crippen LogP contribution in [0.5, 0.6) is 0 Å². The van der Waals surface area contributed by atoms with E-state index < -0.39 is 5.97 Å². The summed E-state index contributed by atoms with van der Waals surface area (Å²) >= 11 is 0. The quantitative estimate of drug-likeness (QED) is 0.702. The van der Waals surface area contributed by atoms with Gasteiger partial charge in [-0.3, -0.25) is 9.59 Å². The zero-order valence-corrected chi connectivity index (χ0v) is 15.4. The molecular formula is C20H23N3O5. The third-order valence-corrected chi connectivity index (χ3v) is 4.76. The van der Waals surface area contributed by atoms with E-state index in [2.05, 4.69) is 5.32 Å². The predicted octanol–water partition coefficient (Wildman–Crippen LogP) is 1.77. The van der Waals surface area contributed by atoms with E-state index in [-0.39, 0.29) is 24.3 Å². The van der Waals surface area contributed by atoms with E-state index in [9.17, 15) is 14.4 Å². The van der Waals surface area contributed by atoms with Gasteiger partial charge in [-0.1, -0.05) is 12.1 Å². The molecule has 8 heteroatoms. The van der Waals surface area contributed by atoms with Gasteiger partial charge in [0.15, 0.2) is 6.61 Å². The van der Waals surface area contributed by atoms with E-state index in [0.717, 1.165) is 5.76 Å². The van der Waals surface area contributed by atoms with Gasteiger partial charge in [-0.05, 0) is 37.1 Å². The lowest BCUT2D eigenvalue weighted by atomic mass is 9.96. The maximum absolute atomic E-state index is 12.4. The average molecular weight is 385 g/mol. The van der Waals surface area contributed by atoms with E-state index in [0.29, 0.717) is 43.7 Å². The van der Waals surface area contributed by atoms with E-state index >= 15 is 0 Å². The molecule has 0 radical (unpaired) electrons. The number of nitrogens with one attached hydrogen (secondary N) is 1. The van der Waals surface area contributed by atoms with Gasteiger partial charge in [-0.2, -0.15) is 0 Å². The highest BCUT2D eigenvalue weighted by molar-refractivity contribution is 5.96. The number of anilines is 1. The van der Waals surface area contributed by atoms with Crippen molar-refractivity contribution in [2.45, 2.75) is 19.4 Å². The molecule has 0 atom stereocenters. The molecule has 0 saturated carbocycles. The number of likely N-dealkylation sites (tertiary alicyclic amines) is 1. The Morgan fingerprint density at radius 2 is 1.89 bits per heavy atom. The fraction of sp³-hybridized carbons (Fsp3) is 0.350. The van der Waals surface area contributed by atoms with Crippen LogP contribution in [0.25, 0.3) is 0 Å². The van der Waals surface area contributed by atoms with Gasteiger partial charge in [0.1, 0.15) is 5.76 Å². The fourth-order valence-electron chi connectivity index (χ4n) is 3.12. The maximum atomic E-state index is 12.4. The predicted molar refractivity (Wildman–Crippen MR) is 101 cm³/mol. The minimum Gasteiger partial charge on any atom is -0.467 e. The Labute approximate surface area is 162 Å². The van der Waals surface area contributed by atoms with Crippen LogP contribution in [0.15, 0.2) is 47.1 Å². The summed E-state index contributed by atoms with van der Waals surface area (Å²) in [5.41, 5.74) is 6.24. The molecule has 1 aliphatic rings. The first-order valence-corrected chi connectivity index (χ1v) is 9.14. The first kappa shape index (κ1) is 19.5. The number of nitrogens with zero attached hydrogens (tertiary/aromatic N) is 1. The molecule has 0 unspecified atom stereocenters. The zero-order chi connectivity index (χ0) is 19.9. The highest BCUT2D eigenvalue weighted by Gasteiger charge is 2.26. The molecule has 0 bridgehead atoms. The van der Waals surface area contributed by atoms with E-state index in [1.54, 1.807) is 41.5 Å². The summed E-state index contributed by atoms with van der Waals surface area (Å²) in [5.74, 6) is -0.658. The number of primary amides is 1. The van der Waals surface area contributed by atoms with Crippen LogP contribution in [0.4, 0.5) is 5.69 Å². The Kier molecular flexibility index (Phi) is 6.31. The molecular weight excluding hydrogens is 362 g/mol. The van der Waals surface area contributed by atoms with E-state index in [1.807, 2.05) is 6.07 Å². The minimum absolute atomic E-state index is 0.196. The smallest absolute Gasteiger partial charge is 0.340 e. The number of benzene rings is 1. The van der Waals surface area contributed by atoms with Gasteiger partial charge in [0, 0.05) is 24.7 Å². The van der Waals surface area contributed by atoms with Crippen LogP contribution in [0.1, 0.15) is 29.0 Å². The number of carbonyl (C=O) groups is 3. The highest BCUT2D eigenvalue weighted by Crippen LogP contribution is 2.19. The molecule has 1 aliphatic heterocycles. The summed E-state index contributed by atoms with van der Waals surface area (Å²) in [4.78, 5) is 37.5. The lowest BCUT2D eigenvalue weighted by Gasteiger charge is -2.30. The van der Waals surface area contributed by atoms with Crippen molar-refractivity contribution in [2.75, 3.05) is 25.0 Å². The van der Waals surface area contributed by atoms with Crippen molar-refractivity contribution in [1.29, 1.82) is 0 Å². The Hall–Kier alpha value is -3.29. The monoisotopic (exact) mass is 385 g/mol. The van der Waals surface area contributed by atoms with Crippen LogP contribution >= 0.6 is 0 Å². The molecule has 2 heterocycles. The van der Waals surface area contributed by atoms with Gasteiger partial charge < -0.3 is 25.1 Å². The summed E-state index contributed by atoms with van der Waals surface area (Å²) in [6.45, 7) is 0.953. The molecule has 0 spiro atoms. The second-order valence-electron chi connectivity index (χ2n) is 6.61. The Balaban J connectivity index is 1.52. The third-order valence-electron chi connectivity index (χ3n) is 4.76. The molecule has 3 N–H and O–H groups in total. The summed E-state index contributed by atoms with van der Waals surface area (Å²) < 4.78 is 10.5. The number of para-hydroxylation sites is 1. The number of carbonyl (C=O) groups excluding carboxylic acids is 3. The molecule has 8 nitrogen and oxygen atoms in total. The molecule has 148 valence electrons. The number of furan rings is 1. The van der Waals surface area contributed by atoms with Crippen molar-refractivity contribution in [2.24, 2.45) is 11.7 Å². The fourth-order valence-corrected chi connectivity index (χ4v) is 3.12. The zero-order valence-electron chi connectivity index (χ0n) is 15.4. The number of piperidine rings is 1. The van der Waals surface area contributed by atoms with E-state index in [4.69, 9.17) is 14.9 Å². The standard InChI is InChI=1S/C20H23N3O5/c21-19(25)14-7-9-23(10-8-14)18(24)13-28-20(26)16-5-1-2-6-17(16)22-12-15-4-3-11-27-15/h1-6,11,14,22H,7-10,12-13H2,(H2,21,25). The van der Waals surface area contributed by atoms with Gasteiger partial charge in [-0.25, -0.2) is 4.79 Å². The molecule has 1 saturated heterocycles. The molecule has 1 fully saturated rings. The van der Waals surface area contributed by atoms with Crippen molar-refractivity contribution in [1.82, 2.24) is 4.90 Å². The van der Waals surface area contributed by atoms with Crippen LogP contribution in [0, 0.1) is 5.92 Å². The number of esters is 1.